The van der Waals surface area contributed by atoms with Crippen LogP contribution in [0.25, 0.3) is 0 Å². The second-order valence-corrected chi connectivity index (χ2v) is 5.04. The van der Waals surface area contributed by atoms with Crippen molar-refractivity contribution in [2.45, 2.75) is 37.4 Å². The molecule has 0 spiro atoms. The molecule has 1 aromatic heterocycles. The van der Waals surface area contributed by atoms with Crippen LogP contribution in [0.3, 0.4) is 0 Å². The van der Waals surface area contributed by atoms with E-state index >= 15 is 0 Å². The molecule has 0 bridgehead atoms. The lowest BCUT2D eigenvalue weighted by molar-refractivity contribution is -0.0391. The number of hydrogen-bond donors (Lipinski definition) is 2. The maximum atomic E-state index is 10.4. The molecule has 1 aliphatic rings. The van der Waals surface area contributed by atoms with Crippen LogP contribution in [0, 0.1) is 0 Å². The number of halogens is 1. The Bertz CT molecular complexity index is 331. The van der Waals surface area contributed by atoms with Crippen LogP contribution in [0.15, 0.2) is 22.8 Å². The zero-order chi connectivity index (χ0) is 10.9. The Morgan fingerprint density at radius 3 is 2.53 bits per heavy atom. The van der Waals surface area contributed by atoms with Gasteiger partial charge in [0.15, 0.2) is 0 Å². The van der Waals surface area contributed by atoms with E-state index in [9.17, 15) is 10.2 Å². The van der Waals surface area contributed by atoms with Crippen LogP contribution in [-0.2, 0) is 5.60 Å². The SMILES string of the molecule is OC1CCC(O)(c2ccc(Br)cn2)CC1. The summed E-state index contributed by atoms with van der Waals surface area (Å²) in [5.41, 5.74) is -0.141. The van der Waals surface area contributed by atoms with Crippen LogP contribution in [0.2, 0.25) is 0 Å². The minimum absolute atomic E-state index is 0.263. The number of rotatable bonds is 1. The third-order valence-electron chi connectivity index (χ3n) is 2.99. The molecule has 2 rings (SSSR count). The van der Waals surface area contributed by atoms with Crippen molar-refractivity contribution in [3.8, 4) is 0 Å². The minimum Gasteiger partial charge on any atom is -0.393 e. The molecule has 1 fully saturated rings. The normalized spacial score (nSPS) is 31.5. The minimum atomic E-state index is -0.847. The van der Waals surface area contributed by atoms with E-state index in [-0.39, 0.29) is 6.10 Å². The Balaban J connectivity index is 2.18. The van der Waals surface area contributed by atoms with Crippen molar-refractivity contribution in [3.63, 3.8) is 0 Å². The van der Waals surface area contributed by atoms with E-state index in [1.807, 2.05) is 12.1 Å². The number of pyridine rings is 1. The fraction of sp³-hybridized carbons (Fsp3) is 0.545. The summed E-state index contributed by atoms with van der Waals surface area (Å²) >= 11 is 3.31. The van der Waals surface area contributed by atoms with Crippen molar-refractivity contribution in [2.24, 2.45) is 0 Å². The lowest BCUT2D eigenvalue weighted by atomic mass is 9.81. The highest BCUT2D eigenvalue weighted by molar-refractivity contribution is 9.10. The maximum Gasteiger partial charge on any atom is 0.107 e. The summed E-state index contributed by atoms with van der Waals surface area (Å²) in [5.74, 6) is 0. The summed E-state index contributed by atoms with van der Waals surface area (Å²) in [6.07, 6.45) is 3.90. The molecule has 0 aromatic carbocycles. The lowest BCUT2D eigenvalue weighted by Crippen LogP contribution is -2.34. The molecule has 1 aromatic rings. The Kier molecular flexibility index (Phi) is 3.09. The topological polar surface area (TPSA) is 53.4 Å². The lowest BCUT2D eigenvalue weighted by Gasteiger charge is -2.33. The summed E-state index contributed by atoms with van der Waals surface area (Å²) in [7, 11) is 0. The standard InChI is InChI=1S/C11H14BrNO2/c12-8-1-2-10(13-7-8)11(15)5-3-9(14)4-6-11/h1-2,7,9,14-15H,3-6H2. The van der Waals surface area contributed by atoms with Gasteiger partial charge < -0.3 is 10.2 Å². The highest BCUT2D eigenvalue weighted by atomic mass is 79.9. The molecule has 0 radical (unpaired) electrons. The molecule has 1 heterocycles. The van der Waals surface area contributed by atoms with Crippen LogP contribution in [0.5, 0.6) is 0 Å². The van der Waals surface area contributed by atoms with Crippen LogP contribution in [0.4, 0.5) is 0 Å². The Hall–Kier alpha value is -0.450. The predicted molar refractivity (Wildman–Crippen MR) is 60.3 cm³/mol. The number of aromatic nitrogens is 1. The van der Waals surface area contributed by atoms with E-state index in [1.165, 1.54) is 0 Å². The molecule has 0 aliphatic heterocycles. The molecule has 4 heteroatoms. The van der Waals surface area contributed by atoms with E-state index < -0.39 is 5.60 Å². The summed E-state index contributed by atoms with van der Waals surface area (Å²) < 4.78 is 0.908. The van der Waals surface area contributed by atoms with Crippen molar-refractivity contribution < 1.29 is 10.2 Å². The largest absolute Gasteiger partial charge is 0.393 e. The second kappa shape index (κ2) is 4.20. The molecular weight excluding hydrogens is 258 g/mol. The van der Waals surface area contributed by atoms with E-state index in [4.69, 9.17) is 0 Å². The molecule has 0 atom stereocenters. The number of aliphatic hydroxyl groups is 2. The maximum absolute atomic E-state index is 10.4. The average molecular weight is 272 g/mol. The van der Waals surface area contributed by atoms with Gasteiger partial charge >= 0.3 is 0 Å². The third kappa shape index (κ3) is 2.38. The molecule has 0 unspecified atom stereocenters. The second-order valence-electron chi connectivity index (χ2n) is 4.12. The van der Waals surface area contributed by atoms with Gasteiger partial charge in [0.1, 0.15) is 5.60 Å². The predicted octanol–water partition coefficient (Wildman–Crippen LogP) is 1.97. The van der Waals surface area contributed by atoms with Crippen LogP contribution in [-0.4, -0.2) is 21.3 Å². The highest BCUT2D eigenvalue weighted by Crippen LogP contribution is 2.36. The fourth-order valence-corrected chi connectivity index (χ4v) is 2.22. The first kappa shape index (κ1) is 11.0. The molecule has 15 heavy (non-hydrogen) atoms. The van der Waals surface area contributed by atoms with E-state index in [0.29, 0.717) is 31.4 Å². The number of aliphatic hydroxyl groups excluding tert-OH is 1. The van der Waals surface area contributed by atoms with Gasteiger partial charge in [0, 0.05) is 10.7 Å². The third-order valence-corrected chi connectivity index (χ3v) is 3.46. The Morgan fingerprint density at radius 1 is 1.33 bits per heavy atom. The van der Waals surface area contributed by atoms with E-state index in [0.717, 1.165) is 4.47 Å². The first-order valence-electron chi connectivity index (χ1n) is 5.13. The van der Waals surface area contributed by atoms with E-state index in [2.05, 4.69) is 20.9 Å². The van der Waals surface area contributed by atoms with Crippen molar-refractivity contribution in [1.82, 2.24) is 4.98 Å². The van der Waals surface area contributed by atoms with Gasteiger partial charge in [-0.05, 0) is 53.7 Å². The van der Waals surface area contributed by atoms with E-state index in [1.54, 1.807) is 6.20 Å². The molecule has 82 valence electrons. The fourth-order valence-electron chi connectivity index (χ4n) is 1.99. The quantitative estimate of drug-likeness (QED) is 0.821. The molecule has 0 saturated heterocycles. The van der Waals surface area contributed by atoms with Gasteiger partial charge in [-0.15, -0.1) is 0 Å². The first-order chi connectivity index (χ1) is 7.10. The Labute approximate surface area is 97.3 Å². The van der Waals surface area contributed by atoms with Gasteiger partial charge in [-0.25, -0.2) is 0 Å². The summed E-state index contributed by atoms with van der Waals surface area (Å²) in [4.78, 5) is 4.22. The zero-order valence-corrected chi connectivity index (χ0v) is 9.94. The van der Waals surface area contributed by atoms with Gasteiger partial charge in [-0.3, -0.25) is 4.98 Å². The molecule has 0 amide bonds. The van der Waals surface area contributed by atoms with Crippen LogP contribution < -0.4 is 0 Å². The summed E-state index contributed by atoms with van der Waals surface area (Å²) in [5, 5.41) is 19.8. The summed E-state index contributed by atoms with van der Waals surface area (Å²) in [6.45, 7) is 0. The molecular formula is C11H14BrNO2. The molecule has 1 saturated carbocycles. The summed E-state index contributed by atoms with van der Waals surface area (Å²) in [6, 6.07) is 3.72. The smallest absolute Gasteiger partial charge is 0.107 e. The van der Waals surface area contributed by atoms with Crippen LogP contribution >= 0.6 is 15.9 Å². The number of nitrogens with zero attached hydrogens (tertiary/aromatic N) is 1. The van der Waals surface area contributed by atoms with Gasteiger partial charge in [0.05, 0.1) is 11.8 Å². The van der Waals surface area contributed by atoms with Gasteiger partial charge in [-0.1, -0.05) is 0 Å². The van der Waals surface area contributed by atoms with Gasteiger partial charge in [0.25, 0.3) is 0 Å². The van der Waals surface area contributed by atoms with Gasteiger partial charge in [-0.2, -0.15) is 0 Å². The van der Waals surface area contributed by atoms with Crippen molar-refractivity contribution in [1.29, 1.82) is 0 Å². The first-order valence-corrected chi connectivity index (χ1v) is 5.92. The highest BCUT2D eigenvalue weighted by Gasteiger charge is 2.35. The van der Waals surface area contributed by atoms with Crippen molar-refractivity contribution in [2.75, 3.05) is 0 Å². The van der Waals surface area contributed by atoms with Gasteiger partial charge in [0.2, 0.25) is 0 Å². The Morgan fingerprint density at radius 2 is 2.00 bits per heavy atom. The van der Waals surface area contributed by atoms with Crippen molar-refractivity contribution >= 4 is 15.9 Å². The number of hydrogen-bond acceptors (Lipinski definition) is 3. The van der Waals surface area contributed by atoms with Crippen molar-refractivity contribution in [3.05, 3.63) is 28.5 Å². The molecule has 1 aliphatic carbocycles. The zero-order valence-electron chi connectivity index (χ0n) is 8.36. The van der Waals surface area contributed by atoms with Crippen LogP contribution in [0.1, 0.15) is 31.4 Å². The monoisotopic (exact) mass is 271 g/mol. The average Bonchev–Trinajstić information content (AvgIpc) is 2.24. The molecule has 2 N–H and O–H groups in total. The molecule has 3 nitrogen and oxygen atoms in total.